The van der Waals surface area contributed by atoms with Crippen LogP contribution in [0.3, 0.4) is 0 Å². The van der Waals surface area contributed by atoms with E-state index in [2.05, 4.69) is 13.8 Å². The van der Waals surface area contributed by atoms with Gasteiger partial charge in [0.05, 0.1) is 23.0 Å². The van der Waals surface area contributed by atoms with Gasteiger partial charge >= 0.3 is 0 Å². The van der Waals surface area contributed by atoms with E-state index >= 15 is 0 Å². The van der Waals surface area contributed by atoms with Gasteiger partial charge in [0.25, 0.3) is 0 Å². The molecular formula is C28H48Cl2O3. The molecule has 0 aromatic carbocycles. The summed E-state index contributed by atoms with van der Waals surface area (Å²) in [6.45, 7) is 6.16. The van der Waals surface area contributed by atoms with Crippen molar-refractivity contribution in [1.29, 1.82) is 0 Å². The minimum absolute atomic E-state index is 0.261. The van der Waals surface area contributed by atoms with Crippen LogP contribution in [0.1, 0.15) is 129 Å². The number of unbranched alkanes of at least 4 members (excludes halogenated alkanes) is 8. The number of hydrogen-bond donors (Lipinski definition) is 0. The monoisotopic (exact) mass is 502 g/mol. The molecule has 0 saturated heterocycles. The van der Waals surface area contributed by atoms with Crippen LogP contribution in [0.25, 0.3) is 0 Å². The van der Waals surface area contributed by atoms with Gasteiger partial charge in [0.1, 0.15) is 4.33 Å². The summed E-state index contributed by atoms with van der Waals surface area (Å²) >= 11 is 14.2. The van der Waals surface area contributed by atoms with Crippen molar-refractivity contribution < 1.29 is 14.3 Å². The van der Waals surface area contributed by atoms with E-state index in [0.717, 1.165) is 77.4 Å². The molecule has 3 saturated carbocycles. The largest absolute Gasteiger partial charge is 0.378 e. The Morgan fingerprint density at radius 1 is 0.667 bits per heavy atom. The van der Waals surface area contributed by atoms with Gasteiger partial charge in [-0.3, -0.25) is 4.79 Å². The zero-order valence-electron chi connectivity index (χ0n) is 21.3. The van der Waals surface area contributed by atoms with E-state index in [-0.39, 0.29) is 12.2 Å². The topological polar surface area (TPSA) is 35.5 Å². The highest BCUT2D eigenvalue weighted by atomic mass is 35.5. The molecule has 0 N–H and O–H groups in total. The molecule has 0 unspecified atom stereocenters. The summed E-state index contributed by atoms with van der Waals surface area (Å²) in [6, 6.07) is 0. The van der Waals surface area contributed by atoms with Gasteiger partial charge < -0.3 is 9.47 Å². The molecule has 0 heterocycles. The van der Waals surface area contributed by atoms with Crippen LogP contribution in [-0.2, 0) is 14.3 Å². The van der Waals surface area contributed by atoms with Crippen molar-refractivity contribution in [1.82, 2.24) is 0 Å². The van der Waals surface area contributed by atoms with E-state index in [1.54, 1.807) is 0 Å². The van der Waals surface area contributed by atoms with Gasteiger partial charge in [-0.2, -0.15) is 0 Å². The Hall–Kier alpha value is 0.170. The van der Waals surface area contributed by atoms with Crippen LogP contribution in [0, 0.1) is 10.8 Å². The molecule has 0 radical (unpaired) electrons. The van der Waals surface area contributed by atoms with Gasteiger partial charge in [-0.15, -0.1) is 0 Å². The lowest BCUT2D eigenvalue weighted by Crippen LogP contribution is -2.74. The second-order valence-electron chi connectivity index (χ2n) is 11.0. The van der Waals surface area contributed by atoms with E-state index in [1.165, 1.54) is 51.4 Å². The first kappa shape index (κ1) is 27.8. The molecule has 3 fully saturated rings. The maximum atomic E-state index is 13.6. The zero-order chi connectivity index (χ0) is 23.8. The molecule has 0 amide bonds. The van der Waals surface area contributed by atoms with Crippen molar-refractivity contribution >= 4 is 29.0 Å². The fraction of sp³-hybridized carbons (Fsp3) is 0.964. The van der Waals surface area contributed by atoms with Crippen molar-refractivity contribution in [2.75, 3.05) is 13.2 Å². The number of Topliss-reactive ketones (excluding diaryl/α,β-unsaturated/α-hetero) is 1. The van der Waals surface area contributed by atoms with E-state index < -0.39 is 15.2 Å². The predicted molar refractivity (Wildman–Crippen MR) is 138 cm³/mol. The number of halogens is 2. The SMILES string of the molecule is CCCCCCCOC1CCC2(CC1)C(=O)C1(CCC(OCCCCCCC)CC1)C2(Cl)Cl. The third-order valence-electron chi connectivity index (χ3n) is 8.85. The number of carbonyl (C=O) groups excluding carboxylic acids is 1. The number of ether oxygens (including phenoxy) is 2. The van der Waals surface area contributed by atoms with Crippen molar-refractivity contribution in [3.63, 3.8) is 0 Å². The summed E-state index contributed by atoms with van der Waals surface area (Å²) in [5.41, 5.74) is -1.10. The Bertz CT molecular complexity index is 542. The lowest BCUT2D eigenvalue weighted by molar-refractivity contribution is -0.176. The normalized spacial score (nSPS) is 33.5. The number of hydrogen-bond acceptors (Lipinski definition) is 3. The zero-order valence-corrected chi connectivity index (χ0v) is 22.8. The van der Waals surface area contributed by atoms with Gasteiger partial charge in [0.2, 0.25) is 0 Å². The fourth-order valence-electron chi connectivity index (χ4n) is 6.63. The van der Waals surface area contributed by atoms with Gasteiger partial charge in [-0.05, 0) is 64.2 Å². The lowest BCUT2D eigenvalue weighted by atomic mass is 9.43. The highest BCUT2D eigenvalue weighted by molar-refractivity contribution is 6.55. The second kappa shape index (κ2) is 12.9. The Morgan fingerprint density at radius 3 is 1.36 bits per heavy atom. The van der Waals surface area contributed by atoms with Crippen LogP contribution in [0.5, 0.6) is 0 Å². The number of ketones is 1. The maximum absolute atomic E-state index is 13.6. The van der Waals surface area contributed by atoms with Crippen LogP contribution in [0.15, 0.2) is 0 Å². The molecule has 0 atom stereocenters. The smallest absolute Gasteiger partial charge is 0.151 e. The summed E-state index contributed by atoms with van der Waals surface area (Å²) in [6.07, 6.45) is 19.8. The first-order valence-electron chi connectivity index (χ1n) is 14.1. The number of alkyl halides is 2. The van der Waals surface area contributed by atoms with E-state index in [0.29, 0.717) is 5.78 Å². The summed E-state index contributed by atoms with van der Waals surface area (Å²) in [7, 11) is 0. The van der Waals surface area contributed by atoms with Crippen LogP contribution >= 0.6 is 23.2 Å². The number of rotatable bonds is 14. The van der Waals surface area contributed by atoms with Crippen LogP contribution in [-0.4, -0.2) is 35.5 Å². The summed E-state index contributed by atoms with van der Waals surface area (Å²) < 4.78 is 11.3. The molecule has 0 aliphatic heterocycles. The average molecular weight is 504 g/mol. The molecule has 3 aliphatic carbocycles. The molecule has 2 spiro atoms. The molecule has 5 heteroatoms. The van der Waals surface area contributed by atoms with E-state index in [9.17, 15) is 4.79 Å². The Balaban J connectivity index is 1.39. The third kappa shape index (κ3) is 5.95. The average Bonchev–Trinajstić information content (AvgIpc) is 2.83. The van der Waals surface area contributed by atoms with Gasteiger partial charge in [-0.25, -0.2) is 0 Å². The minimum Gasteiger partial charge on any atom is -0.378 e. The van der Waals surface area contributed by atoms with Gasteiger partial charge in [0.15, 0.2) is 5.78 Å². The van der Waals surface area contributed by atoms with Crippen molar-refractivity contribution in [2.24, 2.45) is 10.8 Å². The second-order valence-corrected chi connectivity index (χ2v) is 12.4. The van der Waals surface area contributed by atoms with Crippen LogP contribution in [0.4, 0.5) is 0 Å². The summed E-state index contributed by atoms with van der Waals surface area (Å²) in [5, 5.41) is 0. The first-order valence-corrected chi connectivity index (χ1v) is 14.8. The highest BCUT2D eigenvalue weighted by Gasteiger charge is 2.79. The Labute approximate surface area is 213 Å². The minimum atomic E-state index is -0.937. The van der Waals surface area contributed by atoms with Crippen LogP contribution < -0.4 is 0 Å². The standard InChI is InChI=1S/C28H48Cl2O3/c1-3-5-7-9-11-21-32-23-13-17-26(18-14-23)25(31)27(28(26,29)30)19-15-24(16-20-27)33-22-12-10-8-6-4-2/h23-24H,3-22H2,1-2H3. The summed E-state index contributed by atoms with van der Waals surface area (Å²) in [5.74, 6) is 0.344. The van der Waals surface area contributed by atoms with Gasteiger partial charge in [-0.1, -0.05) is 88.4 Å². The first-order chi connectivity index (χ1) is 15.9. The van der Waals surface area contributed by atoms with Crippen molar-refractivity contribution in [2.45, 2.75) is 146 Å². The van der Waals surface area contributed by atoms with Crippen LogP contribution in [0.2, 0.25) is 0 Å². The predicted octanol–water partition coefficient (Wildman–Crippen LogP) is 8.58. The van der Waals surface area contributed by atoms with E-state index in [1.807, 2.05) is 0 Å². The molecule has 0 bridgehead atoms. The Morgan fingerprint density at radius 2 is 1.03 bits per heavy atom. The highest BCUT2D eigenvalue weighted by Crippen LogP contribution is 2.74. The van der Waals surface area contributed by atoms with E-state index in [4.69, 9.17) is 32.7 Å². The fourth-order valence-corrected chi connectivity index (χ4v) is 7.73. The number of carbonyl (C=O) groups is 1. The lowest BCUT2D eigenvalue weighted by Gasteiger charge is -2.66. The maximum Gasteiger partial charge on any atom is 0.151 e. The quantitative estimate of drug-likeness (QED) is 0.176. The molecule has 3 rings (SSSR count). The molecule has 3 aliphatic rings. The molecular weight excluding hydrogens is 455 g/mol. The molecule has 3 nitrogen and oxygen atoms in total. The van der Waals surface area contributed by atoms with Crippen molar-refractivity contribution in [3.05, 3.63) is 0 Å². The molecule has 0 aromatic heterocycles. The molecule has 192 valence electrons. The van der Waals surface area contributed by atoms with Crippen molar-refractivity contribution in [3.8, 4) is 0 Å². The summed E-state index contributed by atoms with van der Waals surface area (Å²) in [4.78, 5) is 13.6. The molecule has 33 heavy (non-hydrogen) atoms. The third-order valence-corrected chi connectivity index (χ3v) is 10.3. The van der Waals surface area contributed by atoms with Gasteiger partial charge in [0, 0.05) is 13.2 Å². The molecule has 0 aromatic rings. The Kier molecular flexibility index (Phi) is 10.9.